The maximum Gasteiger partial charge on any atom is 0.338 e. The molecule has 8 heteroatoms. The van der Waals surface area contributed by atoms with Gasteiger partial charge in [-0.1, -0.05) is 35.9 Å². The predicted molar refractivity (Wildman–Crippen MR) is 104 cm³/mol. The van der Waals surface area contributed by atoms with Gasteiger partial charge in [0.2, 0.25) is 0 Å². The molecule has 2 aromatic rings. The third-order valence-electron chi connectivity index (χ3n) is 4.83. The number of hydrogen-bond acceptors (Lipinski definition) is 6. The smallest absolute Gasteiger partial charge is 0.338 e. The van der Waals surface area contributed by atoms with Crippen LogP contribution in [0.3, 0.4) is 0 Å². The molecule has 154 valence electrons. The number of hydrogen-bond donors (Lipinski definition) is 1. The van der Waals surface area contributed by atoms with E-state index in [1.165, 1.54) is 12.1 Å². The third-order valence-corrected chi connectivity index (χ3v) is 6.20. The van der Waals surface area contributed by atoms with Crippen LogP contribution in [0.25, 0.3) is 0 Å². The first-order chi connectivity index (χ1) is 13.7. The number of carbonyl (C=O) groups is 2. The van der Waals surface area contributed by atoms with Crippen LogP contribution in [-0.4, -0.2) is 37.7 Å². The van der Waals surface area contributed by atoms with Crippen LogP contribution in [0, 0.1) is 12.8 Å². The van der Waals surface area contributed by atoms with Gasteiger partial charge in [-0.3, -0.25) is 8.98 Å². The lowest BCUT2D eigenvalue weighted by Gasteiger charge is -2.32. The van der Waals surface area contributed by atoms with Crippen LogP contribution in [0.15, 0.2) is 59.5 Å². The lowest BCUT2D eigenvalue weighted by Crippen LogP contribution is -2.38. The number of carbonyl (C=O) groups excluding carboxylic acids is 1. The Morgan fingerprint density at radius 1 is 0.931 bits per heavy atom. The third kappa shape index (κ3) is 5.42. The molecule has 3 atom stereocenters. The minimum Gasteiger partial charge on any atom is -0.481 e. The van der Waals surface area contributed by atoms with Gasteiger partial charge in [0.1, 0.15) is 6.10 Å². The fourth-order valence-corrected chi connectivity index (χ4v) is 4.42. The van der Waals surface area contributed by atoms with Gasteiger partial charge in [-0.15, -0.1) is 0 Å². The van der Waals surface area contributed by atoms with E-state index in [9.17, 15) is 23.1 Å². The summed E-state index contributed by atoms with van der Waals surface area (Å²) in [5.41, 5.74) is 1.25. The molecule has 0 heterocycles. The largest absolute Gasteiger partial charge is 0.481 e. The molecule has 0 amide bonds. The summed E-state index contributed by atoms with van der Waals surface area (Å²) in [5.74, 6) is -2.52. The molecule has 0 radical (unpaired) electrons. The number of rotatable bonds is 6. The summed E-state index contributed by atoms with van der Waals surface area (Å²) in [6.45, 7) is 1.83. The van der Waals surface area contributed by atoms with Gasteiger partial charge in [-0.25, -0.2) is 4.79 Å². The molecule has 1 aliphatic carbocycles. The Balaban J connectivity index is 1.73. The number of esters is 1. The highest BCUT2D eigenvalue weighted by Crippen LogP contribution is 2.31. The van der Waals surface area contributed by atoms with Crippen LogP contribution in [0.2, 0.25) is 0 Å². The summed E-state index contributed by atoms with van der Waals surface area (Å²) in [7, 11) is -4.06. The van der Waals surface area contributed by atoms with E-state index in [0.717, 1.165) is 5.56 Å². The molecule has 0 unspecified atom stereocenters. The number of carboxylic acid groups (broad SMARTS) is 1. The molecular formula is C21H22O7S. The first-order valence-corrected chi connectivity index (χ1v) is 10.6. The highest BCUT2D eigenvalue weighted by atomic mass is 32.2. The van der Waals surface area contributed by atoms with Crippen molar-refractivity contribution in [1.82, 2.24) is 0 Å². The van der Waals surface area contributed by atoms with Gasteiger partial charge in [0.05, 0.1) is 22.5 Å². The van der Waals surface area contributed by atoms with E-state index in [0.29, 0.717) is 5.56 Å². The molecule has 29 heavy (non-hydrogen) atoms. The van der Waals surface area contributed by atoms with E-state index in [-0.39, 0.29) is 24.2 Å². The van der Waals surface area contributed by atoms with E-state index < -0.39 is 40.2 Å². The summed E-state index contributed by atoms with van der Waals surface area (Å²) in [6.07, 6.45) is -1.41. The van der Waals surface area contributed by atoms with Gasteiger partial charge >= 0.3 is 11.9 Å². The number of carboxylic acids is 1. The topological polar surface area (TPSA) is 107 Å². The summed E-state index contributed by atoms with van der Waals surface area (Å²) in [4.78, 5) is 23.8. The SMILES string of the molecule is Cc1ccc(S(=O)(=O)O[C@H]2C[C@H](OC(=O)c3ccccc3)C[C@@H](C(=O)O)C2)cc1. The van der Waals surface area contributed by atoms with Crippen LogP contribution in [-0.2, 0) is 23.8 Å². The average molecular weight is 418 g/mol. The van der Waals surface area contributed by atoms with Crippen LogP contribution in [0.4, 0.5) is 0 Å². The fraction of sp³-hybridized carbons (Fsp3) is 0.333. The van der Waals surface area contributed by atoms with Crippen LogP contribution >= 0.6 is 0 Å². The highest BCUT2D eigenvalue weighted by molar-refractivity contribution is 7.86. The zero-order chi connectivity index (χ0) is 21.0. The van der Waals surface area contributed by atoms with E-state index >= 15 is 0 Å². The maximum absolute atomic E-state index is 12.6. The molecule has 1 saturated carbocycles. The van der Waals surface area contributed by atoms with Gasteiger partial charge in [0, 0.05) is 6.42 Å². The number of benzene rings is 2. The predicted octanol–water partition coefficient (Wildman–Crippen LogP) is 3.18. The lowest BCUT2D eigenvalue weighted by molar-refractivity contribution is -0.146. The molecule has 0 spiro atoms. The van der Waals surface area contributed by atoms with Crippen molar-refractivity contribution >= 4 is 22.1 Å². The van der Waals surface area contributed by atoms with Gasteiger partial charge in [-0.2, -0.15) is 8.42 Å². The summed E-state index contributed by atoms with van der Waals surface area (Å²) in [5, 5.41) is 9.43. The van der Waals surface area contributed by atoms with Crippen LogP contribution in [0.5, 0.6) is 0 Å². The molecule has 0 bridgehead atoms. The second kappa shape index (κ2) is 8.75. The number of aliphatic carboxylic acids is 1. The normalized spacial score (nSPS) is 22.0. The zero-order valence-corrected chi connectivity index (χ0v) is 16.7. The lowest BCUT2D eigenvalue weighted by atomic mass is 9.85. The van der Waals surface area contributed by atoms with Crippen molar-refractivity contribution in [1.29, 1.82) is 0 Å². The van der Waals surface area contributed by atoms with Crippen molar-refractivity contribution in [3.05, 3.63) is 65.7 Å². The van der Waals surface area contributed by atoms with Gasteiger partial charge in [0.15, 0.2) is 0 Å². The minimum absolute atomic E-state index is 0.00150. The molecule has 0 aromatic heterocycles. The molecule has 1 aliphatic rings. The monoisotopic (exact) mass is 418 g/mol. The van der Waals surface area contributed by atoms with E-state index in [1.54, 1.807) is 42.5 Å². The quantitative estimate of drug-likeness (QED) is 0.567. The molecule has 0 saturated heterocycles. The van der Waals surface area contributed by atoms with Crippen LogP contribution in [0.1, 0.15) is 35.2 Å². The van der Waals surface area contributed by atoms with Crippen molar-refractivity contribution in [2.45, 2.75) is 43.3 Å². The standard InChI is InChI=1S/C21H22O7S/c1-14-7-9-19(10-8-14)29(25,26)28-18-12-16(20(22)23)11-17(13-18)27-21(24)15-5-3-2-4-6-15/h2-10,16-18H,11-13H2,1H3,(H,22,23)/t16-,17-,18-/m1/s1. The summed E-state index contributed by atoms with van der Waals surface area (Å²) in [6, 6.07) is 14.5. The van der Waals surface area contributed by atoms with Crippen molar-refractivity contribution in [2.75, 3.05) is 0 Å². The summed E-state index contributed by atoms with van der Waals surface area (Å²) < 4.78 is 35.9. The van der Waals surface area contributed by atoms with Gasteiger partial charge < -0.3 is 9.84 Å². The molecule has 7 nitrogen and oxygen atoms in total. The van der Waals surface area contributed by atoms with Crippen molar-refractivity contribution in [2.24, 2.45) is 5.92 Å². The Labute approximate surface area is 169 Å². The molecule has 2 aromatic carbocycles. The Morgan fingerprint density at radius 2 is 1.55 bits per heavy atom. The Morgan fingerprint density at radius 3 is 2.17 bits per heavy atom. The highest BCUT2D eigenvalue weighted by Gasteiger charge is 2.38. The van der Waals surface area contributed by atoms with Crippen molar-refractivity contribution < 1.29 is 32.0 Å². The number of ether oxygens (including phenoxy) is 1. The van der Waals surface area contributed by atoms with E-state index in [2.05, 4.69) is 0 Å². The molecule has 3 rings (SSSR count). The minimum atomic E-state index is -4.06. The van der Waals surface area contributed by atoms with E-state index in [4.69, 9.17) is 8.92 Å². The maximum atomic E-state index is 12.6. The molecule has 1 N–H and O–H groups in total. The van der Waals surface area contributed by atoms with Gasteiger partial charge in [-0.05, 0) is 44.0 Å². The first-order valence-electron chi connectivity index (χ1n) is 9.23. The Bertz CT molecular complexity index is 968. The Hall–Kier alpha value is -2.71. The van der Waals surface area contributed by atoms with Crippen molar-refractivity contribution in [3.63, 3.8) is 0 Å². The summed E-state index contributed by atoms with van der Waals surface area (Å²) >= 11 is 0. The molecule has 1 fully saturated rings. The Kier molecular flexibility index (Phi) is 6.34. The van der Waals surface area contributed by atoms with E-state index in [1.807, 2.05) is 6.92 Å². The second-order valence-corrected chi connectivity index (χ2v) is 8.69. The second-order valence-electron chi connectivity index (χ2n) is 7.12. The number of aryl methyl sites for hydroxylation is 1. The molecule has 0 aliphatic heterocycles. The zero-order valence-electron chi connectivity index (χ0n) is 15.9. The van der Waals surface area contributed by atoms with Crippen molar-refractivity contribution in [3.8, 4) is 0 Å². The first kappa shape index (κ1) is 21.0. The van der Waals surface area contributed by atoms with Gasteiger partial charge in [0.25, 0.3) is 10.1 Å². The average Bonchev–Trinajstić information content (AvgIpc) is 2.68. The molecular weight excluding hydrogens is 396 g/mol. The van der Waals surface area contributed by atoms with Crippen LogP contribution < -0.4 is 0 Å². The fourth-order valence-electron chi connectivity index (χ4n) is 3.33.